The number of hydrogen-bond donors (Lipinski definition) is 2. The molecule has 0 radical (unpaired) electrons. The van der Waals surface area contributed by atoms with E-state index in [-0.39, 0.29) is 0 Å². The van der Waals surface area contributed by atoms with Crippen molar-refractivity contribution in [3.05, 3.63) is 35.9 Å². The molecule has 3 heteroatoms. The maximum atomic E-state index is 9.21. The van der Waals surface area contributed by atoms with Gasteiger partial charge in [0.25, 0.3) is 0 Å². The minimum absolute atomic E-state index is 0.713. The summed E-state index contributed by atoms with van der Waals surface area (Å²) < 4.78 is 0. The molecule has 0 bridgehead atoms. The molecule has 0 spiro atoms. The van der Waals surface area contributed by atoms with Crippen LogP contribution in [0.2, 0.25) is 0 Å². The van der Waals surface area contributed by atoms with Crippen LogP contribution in [0.4, 0.5) is 0 Å². The number of benzene rings is 1. The first-order valence-corrected chi connectivity index (χ1v) is 3.25. The van der Waals surface area contributed by atoms with Crippen LogP contribution in [0.25, 0.3) is 0 Å². The molecule has 1 aromatic rings. The van der Waals surface area contributed by atoms with Gasteiger partial charge in [0, 0.05) is 0 Å². The highest BCUT2D eigenvalue weighted by Gasteiger charge is 2.01. The van der Waals surface area contributed by atoms with Crippen LogP contribution in [0.15, 0.2) is 35.5 Å². The molecule has 3 nitrogen and oxygen atoms in total. The van der Waals surface area contributed by atoms with Gasteiger partial charge in [-0.1, -0.05) is 35.5 Å². The zero-order chi connectivity index (χ0) is 8.10. The van der Waals surface area contributed by atoms with Crippen LogP contribution in [-0.2, 0) is 0 Å². The summed E-state index contributed by atoms with van der Waals surface area (Å²) >= 11 is 0. The van der Waals surface area contributed by atoms with Crippen LogP contribution in [0, 0.1) is 0 Å². The second kappa shape index (κ2) is 3.73. The lowest BCUT2D eigenvalue weighted by Gasteiger charge is -2.01. The van der Waals surface area contributed by atoms with Gasteiger partial charge in [0.1, 0.15) is 6.10 Å². The molecule has 0 aliphatic rings. The Hall–Kier alpha value is -1.35. The van der Waals surface area contributed by atoms with Crippen molar-refractivity contribution in [3.8, 4) is 0 Å². The first-order chi connectivity index (χ1) is 5.34. The molecule has 0 saturated heterocycles. The first-order valence-electron chi connectivity index (χ1n) is 3.25. The van der Waals surface area contributed by atoms with Gasteiger partial charge < -0.3 is 10.3 Å². The topological polar surface area (TPSA) is 52.8 Å². The van der Waals surface area contributed by atoms with E-state index in [0.717, 1.165) is 6.21 Å². The molecule has 1 atom stereocenters. The summed E-state index contributed by atoms with van der Waals surface area (Å²) in [6.45, 7) is 0. The van der Waals surface area contributed by atoms with Gasteiger partial charge in [-0.2, -0.15) is 0 Å². The third kappa shape index (κ3) is 2.05. The van der Waals surface area contributed by atoms with Crippen molar-refractivity contribution < 1.29 is 10.3 Å². The maximum absolute atomic E-state index is 9.21. The van der Waals surface area contributed by atoms with Gasteiger partial charge >= 0.3 is 0 Å². The van der Waals surface area contributed by atoms with E-state index in [4.69, 9.17) is 5.21 Å². The SMILES string of the molecule is O/N=C/C(O)c1ccccc1. The second-order valence-corrected chi connectivity index (χ2v) is 2.12. The van der Waals surface area contributed by atoms with E-state index in [0.29, 0.717) is 5.56 Å². The third-order valence-corrected chi connectivity index (χ3v) is 1.35. The van der Waals surface area contributed by atoms with Gasteiger partial charge in [-0.3, -0.25) is 0 Å². The zero-order valence-corrected chi connectivity index (χ0v) is 5.88. The average molecular weight is 151 g/mol. The van der Waals surface area contributed by atoms with Crippen molar-refractivity contribution in [2.75, 3.05) is 0 Å². The van der Waals surface area contributed by atoms with Gasteiger partial charge in [0.2, 0.25) is 0 Å². The fraction of sp³-hybridized carbons (Fsp3) is 0.125. The van der Waals surface area contributed by atoms with Crippen molar-refractivity contribution in [1.29, 1.82) is 0 Å². The van der Waals surface area contributed by atoms with E-state index in [2.05, 4.69) is 5.16 Å². The molecule has 0 saturated carbocycles. The summed E-state index contributed by atoms with van der Waals surface area (Å²) in [6.07, 6.45) is 0.246. The van der Waals surface area contributed by atoms with Gasteiger partial charge in [0.15, 0.2) is 0 Å². The van der Waals surface area contributed by atoms with E-state index >= 15 is 0 Å². The lowest BCUT2D eigenvalue weighted by molar-refractivity contribution is 0.241. The largest absolute Gasteiger partial charge is 0.411 e. The Morgan fingerprint density at radius 1 is 1.27 bits per heavy atom. The molecule has 0 aromatic heterocycles. The minimum atomic E-state index is -0.818. The fourth-order valence-corrected chi connectivity index (χ4v) is 0.799. The Kier molecular flexibility index (Phi) is 2.63. The van der Waals surface area contributed by atoms with E-state index in [9.17, 15) is 5.11 Å². The molecule has 1 aromatic carbocycles. The highest BCUT2D eigenvalue weighted by atomic mass is 16.4. The lowest BCUT2D eigenvalue weighted by atomic mass is 10.1. The normalized spacial score (nSPS) is 13.5. The van der Waals surface area contributed by atoms with Gasteiger partial charge in [-0.25, -0.2) is 0 Å². The number of aliphatic hydroxyl groups is 1. The molecule has 58 valence electrons. The van der Waals surface area contributed by atoms with Crippen LogP contribution in [0.5, 0.6) is 0 Å². The monoisotopic (exact) mass is 151 g/mol. The Bertz CT molecular complexity index is 233. The zero-order valence-electron chi connectivity index (χ0n) is 5.88. The number of hydrogen-bond acceptors (Lipinski definition) is 3. The van der Waals surface area contributed by atoms with Crippen molar-refractivity contribution in [1.82, 2.24) is 0 Å². The molecule has 1 rings (SSSR count). The second-order valence-electron chi connectivity index (χ2n) is 2.12. The Morgan fingerprint density at radius 3 is 2.45 bits per heavy atom. The average Bonchev–Trinajstić information content (AvgIpc) is 2.07. The van der Waals surface area contributed by atoms with Crippen molar-refractivity contribution in [2.24, 2.45) is 5.16 Å². The van der Waals surface area contributed by atoms with Crippen molar-refractivity contribution >= 4 is 6.21 Å². The summed E-state index contributed by atoms with van der Waals surface area (Å²) in [7, 11) is 0. The summed E-state index contributed by atoms with van der Waals surface area (Å²) in [5.41, 5.74) is 0.713. The smallest absolute Gasteiger partial charge is 0.117 e. The van der Waals surface area contributed by atoms with Gasteiger partial charge in [-0.15, -0.1) is 0 Å². The molecule has 0 amide bonds. The maximum Gasteiger partial charge on any atom is 0.117 e. The molecule has 0 heterocycles. The summed E-state index contributed by atoms with van der Waals surface area (Å²) in [4.78, 5) is 0. The van der Waals surface area contributed by atoms with Crippen LogP contribution >= 0.6 is 0 Å². The van der Waals surface area contributed by atoms with Crippen LogP contribution < -0.4 is 0 Å². The first kappa shape index (κ1) is 7.75. The summed E-state index contributed by atoms with van der Waals surface area (Å²) in [6, 6.07) is 8.98. The molecular formula is C8H9NO2. The number of aliphatic hydroxyl groups excluding tert-OH is 1. The number of nitrogens with zero attached hydrogens (tertiary/aromatic N) is 1. The van der Waals surface area contributed by atoms with Crippen LogP contribution in [-0.4, -0.2) is 16.5 Å². The molecule has 0 aliphatic heterocycles. The molecular weight excluding hydrogens is 142 g/mol. The minimum Gasteiger partial charge on any atom is -0.411 e. The van der Waals surface area contributed by atoms with Crippen molar-refractivity contribution in [3.63, 3.8) is 0 Å². The molecule has 1 unspecified atom stereocenters. The summed E-state index contributed by atoms with van der Waals surface area (Å²) in [5, 5.41) is 20.1. The van der Waals surface area contributed by atoms with E-state index < -0.39 is 6.10 Å². The van der Waals surface area contributed by atoms with Gasteiger partial charge in [0.05, 0.1) is 6.21 Å². The van der Waals surface area contributed by atoms with Gasteiger partial charge in [-0.05, 0) is 5.56 Å². The van der Waals surface area contributed by atoms with E-state index in [1.54, 1.807) is 12.1 Å². The lowest BCUT2D eigenvalue weighted by Crippen LogP contribution is -1.97. The van der Waals surface area contributed by atoms with E-state index in [1.165, 1.54) is 0 Å². The van der Waals surface area contributed by atoms with Crippen LogP contribution in [0.1, 0.15) is 11.7 Å². The van der Waals surface area contributed by atoms with E-state index in [1.807, 2.05) is 18.2 Å². The summed E-state index contributed by atoms with van der Waals surface area (Å²) in [5.74, 6) is 0. The Morgan fingerprint density at radius 2 is 1.91 bits per heavy atom. The predicted octanol–water partition coefficient (Wildman–Crippen LogP) is 1.18. The fourth-order valence-electron chi connectivity index (χ4n) is 0.799. The quantitative estimate of drug-likeness (QED) is 0.379. The molecule has 0 aliphatic carbocycles. The standard InChI is InChI=1S/C8H9NO2/c10-8(6-9-11)7-4-2-1-3-5-7/h1-6,8,10-11H/b9-6+. The highest BCUT2D eigenvalue weighted by molar-refractivity contribution is 5.64. The predicted molar refractivity (Wildman–Crippen MR) is 41.7 cm³/mol. The third-order valence-electron chi connectivity index (χ3n) is 1.35. The molecule has 2 N–H and O–H groups in total. The Balaban J connectivity index is 2.76. The number of rotatable bonds is 2. The Labute approximate surface area is 64.6 Å². The molecule has 11 heavy (non-hydrogen) atoms. The molecule has 0 fully saturated rings. The highest BCUT2D eigenvalue weighted by Crippen LogP contribution is 2.08. The number of oxime groups is 1. The van der Waals surface area contributed by atoms with Crippen molar-refractivity contribution in [2.45, 2.75) is 6.10 Å². The van der Waals surface area contributed by atoms with Crippen LogP contribution in [0.3, 0.4) is 0 Å².